The Labute approximate surface area is 199 Å². The summed E-state index contributed by atoms with van der Waals surface area (Å²) in [5.74, 6) is 3.32. The van der Waals surface area contributed by atoms with Crippen LogP contribution in [0.25, 0.3) is 5.57 Å². The van der Waals surface area contributed by atoms with Crippen LogP contribution in [0, 0.1) is 19.8 Å². The molecule has 0 spiro atoms. The van der Waals surface area contributed by atoms with Crippen molar-refractivity contribution in [3.05, 3.63) is 64.3 Å². The number of amidine groups is 1. The van der Waals surface area contributed by atoms with E-state index in [1.165, 1.54) is 22.3 Å². The first-order valence-corrected chi connectivity index (χ1v) is 12.1. The summed E-state index contributed by atoms with van der Waals surface area (Å²) in [5.41, 5.74) is 6.18. The van der Waals surface area contributed by atoms with E-state index in [4.69, 9.17) is 9.73 Å². The van der Waals surface area contributed by atoms with Gasteiger partial charge in [-0.15, -0.1) is 0 Å². The Morgan fingerprint density at radius 1 is 1.27 bits per heavy atom. The number of rotatable bonds is 8. The van der Waals surface area contributed by atoms with E-state index in [-0.39, 0.29) is 6.61 Å². The molecule has 3 rings (SSSR count). The van der Waals surface area contributed by atoms with Crippen LogP contribution in [0.4, 0.5) is 0 Å². The Balaban J connectivity index is 2.06. The fraction of sp³-hybridized carbons (Fsp3) is 0.519. The van der Waals surface area contributed by atoms with Crippen molar-refractivity contribution in [1.82, 2.24) is 15.5 Å². The third-order valence-electron chi connectivity index (χ3n) is 6.51. The van der Waals surface area contributed by atoms with Gasteiger partial charge in [0.2, 0.25) is 0 Å². The maximum Gasteiger partial charge on any atom is 0.132 e. The van der Waals surface area contributed by atoms with E-state index in [9.17, 15) is 5.11 Å². The van der Waals surface area contributed by atoms with Gasteiger partial charge in [0.15, 0.2) is 0 Å². The largest absolute Gasteiger partial charge is 0.395 e. The van der Waals surface area contributed by atoms with Crippen LogP contribution in [0.3, 0.4) is 0 Å². The van der Waals surface area contributed by atoms with Crippen LogP contribution in [0.1, 0.15) is 49.8 Å². The van der Waals surface area contributed by atoms with E-state index in [1.807, 2.05) is 6.08 Å². The summed E-state index contributed by atoms with van der Waals surface area (Å²) < 4.78 is 5.51. The van der Waals surface area contributed by atoms with Gasteiger partial charge in [-0.05, 0) is 62.6 Å². The maximum atomic E-state index is 9.36. The second-order valence-corrected chi connectivity index (χ2v) is 9.05. The standard InChI is InChI=1S/C27H40N4O2/c1-6-19(2)15-24(23-8-7-20(3)21(4)16-23)27-30-25(28-11-12-32)17-26(31(27)5)29-18-22-9-13-33-14-10-22/h7-8,15-17,22,28,30,32H,6,9-14,18H2,1-5H3/b19-15+,27-24+,29-26?. The first-order chi connectivity index (χ1) is 15.9. The SMILES string of the molecule is CC/C(C)=C/C(=C1/NC(NCCO)=CC(=NCC2CCOCC2)N1C)c1ccc(C)c(C)c1. The number of hydrogen-bond acceptors (Lipinski definition) is 5. The van der Waals surface area contributed by atoms with Crippen LogP contribution in [0.15, 0.2) is 52.6 Å². The lowest BCUT2D eigenvalue weighted by Crippen LogP contribution is -2.43. The maximum absolute atomic E-state index is 9.36. The highest BCUT2D eigenvalue weighted by atomic mass is 16.5. The number of likely N-dealkylation sites (N-methyl/N-ethyl adjacent to an activating group) is 1. The number of aryl methyl sites for hydroxylation is 2. The molecule has 2 aliphatic heterocycles. The third kappa shape index (κ3) is 6.71. The summed E-state index contributed by atoms with van der Waals surface area (Å²) in [5, 5.41) is 16.2. The van der Waals surface area contributed by atoms with Crippen LogP contribution in [0.2, 0.25) is 0 Å². The van der Waals surface area contributed by atoms with Crippen molar-refractivity contribution in [2.75, 3.05) is 40.0 Å². The van der Waals surface area contributed by atoms with Gasteiger partial charge in [0.25, 0.3) is 0 Å². The lowest BCUT2D eigenvalue weighted by Gasteiger charge is -2.33. The quantitative estimate of drug-likeness (QED) is 0.554. The zero-order valence-corrected chi connectivity index (χ0v) is 20.9. The summed E-state index contributed by atoms with van der Waals surface area (Å²) in [7, 11) is 2.07. The molecule has 33 heavy (non-hydrogen) atoms. The van der Waals surface area contributed by atoms with E-state index >= 15 is 0 Å². The van der Waals surface area contributed by atoms with Gasteiger partial charge in [-0.3, -0.25) is 4.99 Å². The first kappa shape index (κ1) is 25.1. The number of benzene rings is 1. The molecule has 3 N–H and O–H groups in total. The molecule has 1 fully saturated rings. The molecule has 0 aliphatic carbocycles. The average molecular weight is 453 g/mol. The monoisotopic (exact) mass is 452 g/mol. The zero-order chi connectivity index (χ0) is 23.8. The first-order valence-electron chi connectivity index (χ1n) is 12.1. The van der Waals surface area contributed by atoms with Crippen LogP contribution in [-0.2, 0) is 4.74 Å². The zero-order valence-electron chi connectivity index (χ0n) is 20.9. The second kappa shape index (κ2) is 12.1. The second-order valence-electron chi connectivity index (χ2n) is 9.05. The summed E-state index contributed by atoms with van der Waals surface area (Å²) in [6.45, 7) is 11.7. The van der Waals surface area contributed by atoms with Gasteiger partial charge < -0.3 is 25.4 Å². The molecule has 0 saturated carbocycles. The molecule has 0 amide bonds. The van der Waals surface area contributed by atoms with Gasteiger partial charge in [-0.2, -0.15) is 0 Å². The highest BCUT2D eigenvalue weighted by Crippen LogP contribution is 2.27. The highest BCUT2D eigenvalue weighted by Gasteiger charge is 2.23. The number of hydrogen-bond donors (Lipinski definition) is 3. The van der Waals surface area contributed by atoms with Crippen LogP contribution in [-0.4, -0.2) is 55.8 Å². The number of aliphatic imine (C=N–C) groups is 1. The molecule has 180 valence electrons. The number of aliphatic hydroxyl groups excluding tert-OH is 1. The topological polar surface area (TPSA) is 69.1 Å². The van der Waals surface area contributed by atoms with Gasteiger partial charge >= 0.3 is 0 Å². The number of aliphatic hydroxyl groups is 1. The summed E-state index contributed by atoms with van der Waals surface area (Å²) >= 11 is 0. The minimum Gasteiger partial charge on any atom is -0.395 e. The molecular weight excluding hydrogens is 412 g/mol. The van der Waals surface area contributed by atoms with Gasteiger partial charge in [0.1, 0.15) is 17.5 Å². The Morgan fingerprint density at radius 2 is 2.03 bits per heavy atom. The average Bonchev–Trinajstić information content (AvgIpc) is 2.83. The smallest absolute Gasteiger partial charge is 0.132 e. The molecule has 1 aromatic rings. The number of allylic oxidation sites excluding steroid dienone is 3. The molecule has 2 heterocycles. The Morgan fingerprint density at radius 3 is 2.70 bits per heavy atom. The van der Waals surface area contributed by atoms with E-state index < -0.39 is 0 Å². The molecule has 6 heteroatoms. The van der Waals surface area contributed by atoms with Crippen molar-refractivity contribution in [1.29, 1.82) is 0 Å². The van der Waals surface area contributed by atoms with Crippen molar-refractivity contribution in [3.63, 3.8) is 0 Å². The Bertz CT molecular complexity index is 939. The fourth-order valence-corrected chi connectivity index (χ4v) is 3.97. The van der Waals surface area contributed by atoms with Crippen LogP contribution < -0.4 is 10.6 Å². The Hall–Kier alpha value is -2.57. The predicted octanol–water partition coefficient (Wildman–Crippen LogP) is 4.11. The summed E-state index contributed by atoms with van der Waals surface area (Å²) in [6.07, 6.45) is 7.42. The minimum absolute atomic E-state index is 0.0708. The molecule has 0 bridgehead atoms. The minimum atomic E-state index is 0.0708. The van der Waals surface area contributed by atoms with Crippen molar-refractivity contribution >= 4 is 11.4 Å². The molecular formula is C27H40N4O2. The third-order valence-corrected chi connectivity index (χ3v) is 6.51. The molecule has 0 unspecified atom stereocenters. The normalized spacial score (nSPS) is 20.5. The number of ether oxygens (including phenoxy) is 1. The van der Waals surface area contributed by atoms with Crippen molar-refractivity contribution in [2.24, 2.45) is 10.9 Å². The predicted molar refractivity (Wildman–Crippen MR) is 137 cm³/mol. The molecule has 6 nitrogen and oxygen atoms in total. The summed E-state index contributed by atoms with van der Waals surface area (Å²) in [6, 6.07) is 6.63. The van der Waals surface area contributed by atoms with Crippen molar-refractivity contribution in [3.8, 4) is 0 Å². The van der Waals surface area contributed by atoms with E-state index in [0.717, 1.165) is 62.1 Å². The highest BCUT2D eigenvalue weighted by molar-refractivity contribution is 5.97. The van der Waals surface area contributed by atoms with Crippen LogP contribution in [0.5, 0.6) is 0 Å². The number of nitrogens with zero attached hydrogens (tertiary/aromatic N) is 2. The van der Waals surface area contributed by atoms with Crippen LogP contribution >= 0.6 is 0 Å². The summed E-state index contributed by atoms with van der Waals surface area (Å²) in [4.78, 5) is 7.16. The van der Waals surface area contributed by atoms with E-state index in [1.54, 1.807) is 0 Å². The van der Waals surface area contributed by atoms with Crippen molar-refractivity contribution in [2.45, 2.75) is 47.0 Å². The molecule has 0 radical (unpaired) electrons. The fourth-order valence-electron chi connectivity index (χ4n) is 3.97. The lowest BCUT2D eigenvalue weighted by molar-refractivity contribution is 0.0689. The van der Waals surface area contributed by atoms with Gasteiger partial charge in [-0.25, -0.2) is 0 Å². The van der Waals surface area contributed by atoms with Crippen molar-refractivity contribution < 1.29 is 9.84 Å². The van der Waals surface area contributed by atoms with Gasteiger partial charge in [0, 0.05) is 45.0 Å². The van der Waals surface area contributed by atoms with Gasteiger partial charge in [0.05, 0.1) is 6.61 Å². The molecule has 0 atom stereocenters. The lowest BCUT2D eigenvalue weighted by atomic mass is 9.97. The Kier molecular flexibility index (Phi) is 9.15. The molecule has 2 aliphatic rings. The van der Waals surface area contributed by atoms with E-state index in [0.29, 0.717) is 12.5 Å². The van der Waals surface area contributed by atoms with Gasteiger partial charge in [-0.1, -0.05) is 36.8 Å². The van der Waals surface area contributed by atoms with E-state index in [2.05, 4.69) is 74.6 Å². The molecule has 0 aromatic heterocycles. The molecule has 1 saturated heterocycles. The number of nitrogens with one attached hydrogen (secondary N) is 2. The molecule has 1 aromatic carbocycles.